The highest BCUT2D eigenvalue weighted by Crippen LogP contribution is 2.50. The average Bonchev–Trinajstić information content (AvgIpc) is 3.98. The molecule has 346 valence electrons. The number of anilines is 9. The molecular weight excluding hydrogens is 898 g/mol. The van der Waals surface area contributed by atoms with Crippen molar-refractivity contribution >= 4 is 139 Å². The van der Waals surface area contributed by atoms with Crippen molar-refractivity contribution in [2.75, 3.05) is 14.7 Å². The fraction of sp³-hybridized carbons (Fsp3) is 0.125. The van der Waals surface area contributed by atoms with Crippen LogP contribution in [-0.2, 0) is 10.8 Å². The Morgan fingerprint density at radius 1 is 0.500 bits per heavy atom. The van der Waals surface area contributed by atoms with Crippen LogP contribution >= 0.6 is 11.3 Å². The minimum absolute atomic E-state index is 0.00662. The summed E-state index contributed by atoms with van der Waals surface area (Å²) in [4.78, 5) is 18.3. The second-order valence-corrected chi connectivity index (χ2v) is 22.5. The first-order valence-corrected chi connectivity index (χ1v) is 25.7. The molecule has 0 saturated heterocycles. The van der Waals surface area contributed by atoms with Gasteiger partial charge in [0.25, 0.3) is 6.71 Å². The third-order valence-electron chi connectivity index (χ3n) is 15.0. The maximum Gasteiger partial charge on any atom is 0.254 e. The zero-order valence-electron chi connectivity index (χ0n) is 41.1. The molecule has 6 nitrogen and oxygen atoms in total. The molecule has 0 unspecified atom stereocenters. The van der Waals surface area contributed by atoms with Crippen molar-refractivity contribution in [2.24, 2.45) is 0 Å². The van der Waals surface area contributed by atoms with Gasteiger partial charge in [-0.3, -0.25) is 14.8 Å². The second kappa shape index (κ2) is 15.7. The first kappa shape index (κ1) is 42.7. The lowest BCUT2D eigenvalue weighted by Gasteiger charge is -2.43. The van der Waals surface area contributed by atoms with Gasteiger partial charge in [0.15, 0.2) is 5.58 Å². The number of rotatable bonds is 5. The first-order chi connectivity index (χ1) is 35.0. The maximum atomic E-state index is 6.78. The van der Waals surface area contributed by atoms with Gasteiger partial charge in [0.2, 0.25) is 0 Å². The van der Waals surface area contributed by atoms with Crippen LogP contribution in [0.25, 0.3) is 52.9 Å². The Morgan fingerprint density at radius 2 is 1.15 bits per heavy atom. The summed E-state index contributed by atoms with van der Waals surface area (Å²) in [6.45, 7) is 13.6. The quantitative estimate of drug-likeness (QED) is 0.160. The number of para-hydroxylation sites is 3. The van der Waals surface area contributed by atoms with Crippen LogP contribution in [0.5, 0.6) is 0 Å². The van der Waals surface area contributed by atoms with Crippen molar-refractivity contribution in [3.63, 3.8) is 0 Å². The van der Waals surface area contributed by atoms with E-state index in [1.165, 1.54) is 53.0 Å². The van der Waals surface area contributed by atoms with Crippen molar-refractivity contribution in [3.05, 3.63) is 206 Å². The van der Waals surface area contributed by atoms with Gasteiger partial charge in [-0.05, 0) is 98.3 Å². The third-order valence-corrected chi connectivity index (χ3v) is 16.2. The number of fused-ring (bicyclic) bond motifs is 11. The molecule has 0 fully saturated rings. The van der Waals surface area contributed by atoms with Gasteiger partial charge >= 0.3 is 0 Å². The Labute approximate surface area is 423 Å². The van der Waals surface area contributed by atoms with E-state index in [1.807, 2.05) is 23.6 Å². The third kappa shape index (κ3) is 6.34. The van der Waals surface area contributed by atoms with Crippen LogP contribution in [0.2, 0.25) is 0 Å². The molecule has 72 heavy (non-hydrogen) atoms. The Balaban J connectivity index is 1.05. The zero-order valence-corrected chi connectivity index (χ0v) is 41.9. The molecule has 0 radical (unpaired) electrons. The highest BCUT2D eigenvalue weighted by atomic mass is 32.1. The van der Waals surface area contributed by atoms with E-state index in [9.17, 15) is 0 Å². The van der Waals surface area contributed by atoms with Crippen LogP contribution < -0.4 is 31.1 Å². The summed E-state index contributed by atoms with van der Waals surface area (Å²) >= 11 is 1.83. The molecular formula is C64H50BN5OS. The largest absolute Gasteiger partial charge is 0.454 e. The maximum absolute atomic E-state index is 6.78. The van der Waals surface area contributed by atoms with Crippen LogP contribution in [-0.4, -0.2) is 16.7 Å². The van der Waals surface area contributed by atoms with Crippen molar-refractivity contribution < 1.29 is 4.42 Å². The Kier molecular flexibility index (Phi) is 9.27. The van der Waals surface area contributed by atoms with Gasteiger partial charge in [-0.25, -0.2) is 4.98 Å². The number of furan rings is 1. The Bertz CT molecular complexity index is 4180. The standard InChI is InChI=1S/C64H50BN5OS/c1-63(2,3)39-29-31-40(32-30-39)68(50-35-33-47(64(4,5)6)41-17-7-8-18-42(41)50)58-36-34-49-62(67-58)70(53-26-16-22-46-44-20-10-14-28-57(44)72-61(46)53)55-38-66-37-54-59(55)65(49)48-23-11-12-24-51(48)69(54)52-25-15-21-45-43-19-9-13-27-56(43)71-60(45)52/h7-38H,1-6H3. The number of hydrogen-bond acceptors (Lipinski definition) is 7. The van der Waals surface area contributed by atoms with Crippen LogP contribution in [0.15, 0.2) is 199 Å². The van der Waals surface area contributed by atoms with Crippen molar-refractivity contribution in [1.29, 1.82) is 0 Å². The van der Waals surface area contributed by atoms with E-state index >= 15 is 0 Å². The zero-order chi connectivity index (χ0) is 48.6. The summed E-state index contributed by atoms with van der Waals surface area (Å²) in [6, 6.07) is 66.3. The van der Waals surface area contributed by atoms with E-state index in [-0.39, 0.29) is 17.5 Å². The number of benzene rings is 8. The second-order valence-electron chi connectivity index (χ2n) is 21.4. The number of pyridine rings is 2. The summed E-state index contributed by atoms with van der Waals surface area (Å²) in [5.41, 5.74) is 15.0. The van der Waals surface area contributed by atoms with Gasteiger partial charge in [-0.15, -0.1) is 11.3 Å². The smallest absolute Gasteiger partial charge is 0.254 e. The van der Waals surface area contributed by atoms with Crippen LogP contribution in [0.4, 0.5) is 51.4 Å². The van der Waals surface area contributed by atoms with Crippen LogP contribution in [0.3, 0.4) is 0 Å². The normalized spacial score (nSPS) is 13.3. The summed E-state index contributed by atoms with van der Waals surface area (Å²) in [7, 11) is 0. The van der Waals surface area contributed by atoms with E-state index in [0.717, 1.165) is 78.8 Å². The predicted molar refractivity (Wildman–Crippen MR) is 306 cm³/mol. The summed E-state index contributed by atoms with van der Waals surface area (Å²) in [5, 5.41) is 7.07. The Hall–Kier alpha value is -8.20. The van der Waals surface area contributed by atoms with E-state index in [2.05, 4.69) is 238 Å². The van der Waals surface area contributed by atoms with E-state index in [4.69, 9.17) is 14.4 Å². The van der Waals surface area contributed by atoms with Gasteiger partial charge < -0.3 is 9.32 Å². The monoisotopic (exact) mass is 947 g/mol. The molecule has 2 aliphatic heterocycles. The molecule has 12 aromatic rings. The fourth-order valence-corrected chi connectivity index (χ4v) is 12.9. The van der Waals surface area contributed by atoms with Gasteiger partial charge in [-0.2, -0.15) is 0 Å². The Morgan fingerprint density at radius 3 is 1.94 bits per heavy atom. The van der Waals surface area contributed by atoms with Crippen LogP contribution in [0, 0.1) is 0 Å². The van der Waals surface area contributed by atoms with Gasteiger partial charge in [0, 0.05) is 43.0 Å². The fourth-order valence-electron chi connectivity index (χ4n) is 11.7. The molecule has 8 heteroatoms. The number of aromatic nitrogens is 2. The molecule has 0 saturated carbocycles. The molecule has 14 rings (SSSR count). The van der Waals surface area contributed by atoms with E-state index < -0.39 is 0 Å². The highest BCUT2D eigenvalue weighted by Gasteiger charge is 2.45. The SMILES string of the molecule is CC(C)(C)c1ccc(N(c2ccc3c(n2)N(c2cccc4c2sc2ccccc24)c2cncc4c2B3c2ccccc2N4c2cccc3c2oc2ccccc23)c2ccc(C(C)(C)C)c3ccccc23)cc1. The summed E-state index contributed by atoms with van der Waals surface area (Å²) < 4.78 is 9.23. The highest BCUT2D eigenvalue weighted by molar-refractivity contribution is 7.26. The van der Waals surface area contributed by atoms with Gasteiger partial charge in [0.1, 0.15) is 17.2 Å². The average molecular weight is 948 g/mol. The predicted octanol–water partition coefficient (Wildman–Crippen LogP) is 16.0. The minimum atomic E-state index is -0.152. The molecule has 0 atom stereocenters. The lowest BCUT2D eigenvalue weighted by molar-refractivity contribution is 0.590. The molecule has 0 aliphatic carbocycles. The van der Waals surface area contributed by atoms with Crippen molar-refractivity contribution in [3.8, 4) is 0 Å². The minimum Gasteiger partial charge on any atom is -0.454 e. The molecule has 0 spiro atoms. The number of nitrogens with zero attached hydrogens (tertiary/aromatic N) is 5. The van der Waals surface area contributed by atoms with E-state index in [0.29, 0.717) is 0 Å². The lowest BCUT2D eigenvalue weighted by Crippen LogP contribution is -2.61. The molecule has 4 aromatic heterocycles. The van der Waals surface area contributed by atoms with Crippen LogP contribution in [0.1, 0.15) is 52.7 Å². The summed E-state index contributed by atoms with van der Waals surface area (Å²) in [5.74, 6) is 1.71. The molecule has 0 bridgehead atoms. The number of hydrogen-bond donors (Lipinski definition) is 0. The topological polar surface area (TPSA) is 48.6 Å². The summed E-state index contributed by atoms with van der Waals surface area (Å²) in [6.07, 6.45) is 4.11. The molecule has 0 N–H and O–H groups in total. The number of thiophene rings is 1. The molecule has 8 aromatic carbocycles. The van der Waals surface area contributed by atoms with Gasteiger partial charge in [0.05, 0.1) is 45.5 Å². The molecule has 6 heterocycles. The first-order valence-electron chi connectivity index (χ1n) is 24.9. The van der Waals surface area contributed by atoms with Crippen molar-refractivity contribution in [1.82, 2.24) is 9.97 Å². The molecule has 2 aliphatic rings. The van der Waals surface area contributed by atoms with Crippen molar-refractivity contribution in [2.45, 2.75) is 52.4 Å². The van der Waals surface area contributed by atoms with E-state index in [1.54, 1.807) is 0 Å². The lowest BCUT2D eigenvalue weighted by atomic mass is 9.34. The van der Waals surface area contributed by atoms with Gasteiger partial charge in [-0.1, -0.05) is 169 Å². The molecule has 0 amide bonds.